The molecule has 0 radical (unpaired) electrons. The van der Waals surface area contributed by atoms with Crippen LogP contribution in [0.25, 0.3) is 16.4 Å². The number of anilines is 1. The maximum atomic E-state index is 6.05. The lowest BCUT2D eigenvalue weighted by Gasteiger charge is -2.30. The summed E-state index contributed by atoms with van der Waals surface area (Å²) in [7, 11) is 0. The van der Waals surface area contributed by atoms with Crippen LogP contribution in [0.4, 0.5) is 5.69 Å². The molecule has 136 valence electrons. The third-order valence-electron chi connectivity index (χ3n) is 5.30. The number of fused-ring (bicyclic) bond motifs is 3. The summed E-state index contributed by atoms with van der Waals surface area (Å²) in [5.74, 6) is 0. The maximum Gasteiger partial charge on any atom is 0.0696 e. The first-order valence-electron chi connectivity index (χ1n) is 9.38. The molecule has 0 amide bonds. The van der Waals surface area contributed by atoms with Crippen LogP contribution in [0.15, 0.2) is 66.9 Å². The van der Waals surface area contributed by atoms with Crippen LogP contribution in [0, 0.1) is 0 Å². The van der Waals surface area contributed by atoms with Gasteiger partial charge in [0.25, 0.3) is 0 Å². The smallest absolute Gasteiger partial charge is 0.0696 e. The van der Waals surface area contributed by atoms with Crippen molar-refractivity contribution in [1.29, 1.82) is 0 Å². The SMILES string of the molecule is Clc1ccc(Cc2cc(N3CCOCC3)c3cc4ccccc4n3c2)cc1. The number of ether oxygens (including phenoxy) is 1. The zero-order chi connectivity index (χ0) is 18.2. The molecule has 0 unspecified atom stereocenters. The van der Waals surface area contributed by atoms with Gasteiger partial charge >= 0.3 is 0 Å². The molecule has 4 aromatic rings. The van der Waals surface area contributed by atoms with Gasteiger partial charge in [0.05, 0.1) is 29.9 Å². The second-order valence-corrected chi connectivity index (χ2v) is 7.53. The van der Waals surface area contributed by atoms with E-state index in [-0.39, 0.29) is 0 Å². The lowest BCUT2D eigenvalue weighted by molar-refractivity contribution is 0.123. The maximum absolute atomic E-state index is 6.05. The van der Waals surface area contributed by atoms with Crippen molar-refractivity contribution in [3.8, 4) is 0 Å². The van der Waals surface area contributed by atoms with Gasteiger partial charge in [0, 0.05) is 29.7 Å². The number of halogens is 1. The zero-order valence-corrected chi connectivity index (χ0v) is 15.8. The molecule has 0 aliphatic carbocycles. The van der Waals surface area contributed by atoms with Gasteiger partial charge in [0.2, 0.25) is 0 Å². The van der Waals surface area contributed by atoms with Crippen LogP contribution in [-0.4, -0.2) is 30.7 Å². The predicted molar refractivity (Wildman–Crippen MR) is 112 cm³/mol. The van der Waals surface area contributed by atoms with Crippen LogP contribution in [0.1, 0.15) is 11.1 Å². The molecule has 2 aromatic heterocycles. The first-order chi connectivity index (χ1) is 13.3. The second-order valence-electron chi connectivity index (χ2n) is 7.09. The van der Waals surface area contributed by atoms with Gasteiger partial charge in [-0.15, -0.1) is 0 Å². The van der Waals surface area contributed by atoms with Gasteiger partial charge in [0.15, 0.2) is 0 Å². The van der Waals surface area contributed by atoms with E-state index in [4.69, 9.17) is 16.3 Å². The third kappa shape index (κ3) is 3.18. The summed E-state index contributed by atoms with van der Waals surface area (Å²) in [6.45, 7) is 3.44. The van der Waals surface area contributed by atoms with Gasteiger partial charge in [-0.2, -0.15) is 0 Å². The Morgan fingerprint density at radius 1 is 0.852 bits per heavy atom. The molecule has 0 atom stereocenters. The van der Waals surface area contributed by atoms with Crippen LogP contribution in [-0.2, 0) is 11.2 Å². The summed E-state index contributed by atoms with van der Waals surface area (Å²) in [5.41, 5.74) is 6.37. The summed E-state index contributed by atoms with van der Waals surface area (Å²) in [6.07, 6.45) is 3.16. The Morgan fingerprint density at radius 2 is 1.63 bits per heavy atom. The molecule has 1 aliphatic heterocycles. The number of para-hydroxylation sites is 1. The number of hydrogen-bond donors (Lipinski definition) is 0. The van der Waals surface area contributed by atoms with E-state index in [0.717, 1.165) is 37.7 Å². The molecule has 1 saturated heterocycles. The minimum absolute atomic E-state index is 0.777. The standard InChI is InChI=1S/C23H21ClN2O/c24-20-7-5-17(6-8-20)13-18-14-22(25-9-11-27-12-10-25)23-15-19-3-1-2-4-21(19)26(23)16-18/h1-8,14-16H,9-13H2. The minimum Gasteiger partial charge on any atom is -0.378 e. The molecule has 0 N–H and O–H groups in total. The molecular weight excluding hydrogens is 356 g/mol. The van der Waals surface area contributed by atoms with E-state index in [0.29, 0.717) is 0 Å². The van der Waals surface area contributed by atoms with Crippen LogP contribution in [0.5, 0.6) is 0 Å². The Morgan fingerprint density at radius 3 is 2.44 bits per heavy atom. The number of hydrogen-bond acceptors (Lipinski definition) is 2. The summed E-state index contributed by atoms with van der Waals surface area (Å²) < 4.78 is 7.91. The topological polar surface area (TPSA) is 16.9 Å². The molecule has 5 rings (SSSR count). The minimum atomic E-state index is 0.777. The fraction of sp³-hybridized carbons (Fsp3) is 0.217. The van der Waals surface area contributed by atoms with Crippen LogP contribution in [0.2, 0.25) is 5.02 Å². The molecule has 4 heteroatoms. The highest BCUT2D eigenvalue weighted by Gasteiger charge is 2.17. The number of benzene rings is 2. The number of morpholine rings is 1. The first-order valence-corrected chi connectivity index (χ1v) is 9.75. The van der Waals surface area contributed by atoms with Crippen molar-refractivity contribution in [1.82, 2.24) is 4.40 Å². The summed E-state index contributed by atoms with van der Waals surface area (Å²) in [6, 6.07) is 21.4. The average Bonchev–Trinajstić information content (AvgIpc) is 3.09. The van der Waals surface area contributed by atoms with Gasteiger partial charge in [0.1, 0.15) is 0 Å². The fourth-order valence-corrected chi connectivity index (χ4v) is 4.08. The Labute approximate surface area is 163 Å². The van der Waals surface area contributed by atoms with E-state index >= 15 is 0 Å². The molecule has 0 saturated carbocycles. The van der Waals surface area contributed by atoms with Crippen molar-refractivity contribution in [3.63, 3.8) is 0 Å². The van der Waals surface area contributed by atoms with Crippen molar-refractivity contribution < 1.29 is 4.74 Å². The summed E-state index contributed by atoms with van der Waals surface area (Å²) in [4.78, 5) is 2.45. The number of aromatic nitrogens is 1. The number of pyridine rings is 1. The third-order valence-corrected chi connectivity index (χ3v) is 5.55. The summed E-state index contributed by atoms with van der Waals surface area (Å²) in [5, 5.41) is 2.05. The summed E-state index contributed by atoms with van der Waals surface area (Å²) >= 11 is 6.05. The van der Waals surface area contributed by atoms with Crippen LogP contribution in [0.3, 0.4) is 0 Å². The Bertz CT molecular complexity index is 1090. The fourth-order valence-electron chi connectivity index (χ4n) is 3.96. The quantitative estimate of drug-likeness (QED) is 0.490. The lowest BCUT2D eigenvalue weighted by atomic mass is 10.1. The molecule has 27 heavy (non-hydrogen) atoms. The van der Waals surface area contributed by atoms with E-state index < -0.39 is 0 Å². The molecule has 0 spiro atoms. The highest BCUT2D eigenvalue weighted by molar-refractivity contribution is 6.30. The molecule has 1 fully saturated rings. The normalized spacial score (nSPS) is 14.9. The molecule has 3 heterocycles. The van der Waals surface area contributed by atoms with Gasteiger partial charge in [-0.25, -0.2) is 0 Å². The highest BCUT2D eigenvalue weighted by atomic mass is 35.5. The van der Waals surface area contributed by atoms with Crippen molar-refractivity contribution in [3.05, 3.63) is 83.0 Å². The van der Waals surface area contributed by atoms with E-state index in [1.54, 1.807) is 0 Å². The van der Waals surface area contributed by atoms with Crippen molar-refractivity contribution in [2.45, 2.75) is 6.42 Å². The number of nitrogens with zero attached hydrogens (tertiary/aromatic N) is 2. The second kappa shape index (κ2) is 6.91. The van der Waals surface area contributed by atoms with Crippen molar-refractivity contribution >= 4 is 33.7 Å². The van der Waals surface area contributed by atoms with Crippen molar-refractivity contribution in [2.24, 2.45) is 0 Å². The van der Waals surface area contributed by atoms with E-state index in [9.17, 15) is 0 Å². The Balaban J connectivity index is 1.66. The molecule has 3 nitrogen and oxygen atoms in total. The molecule has 1 aliphatic rings. The van der Waals surface area contributed by atoms with Crippen LogP contribution < -0.4 is 4.90 Å². The zero-order valence-electron chi connectivity index (χ0n) is 15.1. The predicted octanol–water partition coefficient (Wildman–Crippen LogP) is 5.17. The highest BCUT2D eigenvalue weighted by Crippen LogP contribution is 2.31. The van der Waals surface area contributed by atoms with E-state index in [1.165, 1.54) is 33.2 Å². The molecule has 2 aromatic carbocycles. The molecule has 0 bridgehead atoms. The lowest BCUT2D eigenvalue weighted by Crippen LogP contribution is -2.36. The van der Waals surface area contributed by atoms with Gasteiger partial charge in [-0.3, -0.25) is 0 Å². The first kappa shape index (κ1) is 16.7. The van der Waals surface area contributed by atoms with Gasteiger partial charge < -0.3 is 14.0 Å². The van der Waals surface area contributed by atoms with E-state index in [2.05, 4.69) is 64.0 Å². The van der Waals surface area contributed by atoms with Crippen LogP contribution >= 0.6 is 11.6 Å². The average molecular weight is 377 g/mol. The Kier molecular flexibility index (Phi) is 4.27. The van der Waals surface area contributed by atoms with Crippen molar-refractivity contribution in [2.75, 3.05) is 31.2 Å². The monoisotopic (exact) mass is 376 g/mol. The van der Waals surface area contributed by atoms with Gasteiger partial charge in [-0.1, -0.05) is 41.9 Å². The molecular formula is C23H21ClN2O. The Hall–Kier alpha value is -2.49. The van der Waals surface area contributed by atoms with E-state index in [1.807, 2.05) is 12.1 Å². The largest absolute Gasteiger partial charge is 0.378 e. The number of rotatable bonds is 3. The van der Waals surface area contributed by atoms with Gasteiger partial charge in [-0.05, 0) is 47.9 Å².